The minimum absolute atomic E-state index is 0.0926. The monoisotopic (exact) mass is 219 g/mol. The SMILES string of the molecule is Cc1nc(-c2ccc(CO)cc2)c(C)s1. The van der Waals surface area contributed by atoms with Gasteiger partial charge in [-0.3, -0.25) is 0 Å². The molecule has 2 aromatic rings. The van der Waals surface area contributed by atoms with Crippen LogP contribution in [0.1, 0.15) is 15.4 Å². The van der Waals surface area contributed by atoms with Gasteiger partial charge < -0.3 is 5.11 Å². The van der Waals surface area contributed by atoms with Crippen LogP contribution >= 0.6 is 11.3 Å². The summed E-state index contributed by atoms with van der Waals surface area (Å²) in [5.41, 5.74) is 3.11. The number of hydrogen-bond donors (Lipinski definition) is 1. The minimum atomic E-state index is 0.0926. The summed E-state index contributed by atoms with van der Waals surface area (Å²) in [6.45, 7) is 4.19. The first kappa shape index (κ1) is 10.3. The van der Waals surface area contributed by atoms with E-state index in [-0.39, 0.29) is 6.61 Å². The van der Waals surface area contributed by atoms with Gasteiger partial charge in [-0.1, -0.05) is 24.3 Å². The summed E-state index contributed by atoms with van der Waals surface area (Å²) in [7, 11) is 0. The topological polar surface area (TPSA) is 33.1 Å². The first-order valence-corrected chi connectivity index (χ1v) is 5.66. The van der Waals surface area contributed by atoms with Crippen LogP contribution in [0.15, 0.2) is 24.3 Å². The molecule has 78 valence electrons. The highest BCUT2D eigenvalue weighted by atomic mass is 32.1. The van der Waals surface area contributed by atoms with Gasteiger partial charge in [0.1, 0.15) is 0 Å². The van der Waals surface area contributed by atoms with Gasteiger partial charge in [-0.15, -0.1) is 11.3 Å². The van der Waals surface area contributed by atoms with Gasteiger partial charge in [-0.05, 0) is 19.4 Å². The smallest absolute Gasteiger partial charge is 0.0904 e. The molecule has 0 spiro atoms. The molecule has 3 heteroatoms. The number of aryl methyl sites for hydroxylation is 2. The van der Waals surface area contributed by atoms with Crippen LogP contribution < -0.4 is 0 Å². The summed E-state index contributed by atoms with van der Waals surface area (Å²) in [4.78, 5) is 5.73. The summed E-state index contributed by atoms with van der Waals surface area (Å²) in [6, 6.07) is 7.88. The quantitative estimate of drug-likeness (QED) is 0.842. The molecule has 1 aromatic heterocycles. The number of benzene rings is 1. The van der Waals surface area contributed by atoms with E-state index in [1.54, 1.807) is 11.3 Å². The van der Waals surface area contributed by atoms with Crippen molar-refractivity contribution in [3.05, 3.63) is 39.7 Å². The van der Waals surface area contributed by atoms with E-state index in [4.69, 9.17) is 5.11 Å². The molecule has 0 aliphatic carbocycles. The average molecular weight is 219 g/mol. The molecule has 0 saturated carbocycles. The van der Waals surface area contributed by atoms with E-state index in [1.807, 2.05) is 31.2 Å². The van der Waals surface area contributed by atoms with Crippen LogP contribution in [0.2, 0.25) is 0 Å². The second kappa shape index (κ2) is 4.13. The van der Waals surface area contributed by atoms with Crippen molar-refractivity contribution in [3.8, 4) is 11.3 Å². The molecule has 0 radical (unpaired) electrons. The highest BCUT2D eigenvalue weighted by molar-refractivity contribution is 7.11. The number of thiazole rings is 1. The van der Waals surface area contributed by atoms with Crippen LogP contribution in [0.3, 0.4) is 0 Å². The van der Waals surface area contributed by atoms with Crippen molar-refractivity contribution in [1.29, 1.82) is 0 Å². The summed E-state index contributed by atoms with van der Waals surface area (Å²) in [6.07, 6.45) is 0. The molecule has 2 nitrogen and oxygen atoms in total. The highest BCUT2D eigenvalue weighted by Gasteiger charge is 2.06. The number of nitrogens with zero attached hydrogens (tertiary/aromatic N) is 1. The van der Waals surface area contributed by atoms with Crippen LogP contribution in [0.25, 0.3) is 11.3 Å². The standard InChI is InChI=1S/C12H13NOS/c1-8-12(13-9(2)15-8)11-5-3-10(7-14)4-6-11/h3-6,14H,7H2,1-2H3. The molecule has 0 amide bonds. The predicted molar refractivity (Wildman–Crippen MR) is 62.9 cm³/mol. The first-order valence-electron chi connectivity index (χ1n) is 4.85. The fourth-order valence-corrected chi connectivity index (χ4v) is 2.40. The molecule has 0 unspecified atom stereocenters. The first-order chi connectivity index (χ1) is 7.20. The molecule has 1 N–H and O–H groups in total. The van der Waals surface area contributed by atoms with Crippen molar-refractivity contribution >= 4 is 11.3 Å². The maximum absolute atomic E-state index is 8.94. The molecule has 0 bridgehead atoms. The molecule has 2 rings (SSSR count). The second-order valence-corrected chi connectivity index (χ2v) is 4.90. The third-order valence-corrected chi connectivity index (χ3v) is 3.20. The Labute approximate surface area is 93.2 Å². The van der Waals surface area contributed by atoms with E-state index in [0.29, 0.717) is 0 Å². The average Bonchev–Trinajstić information content (AvgIpc) is 2.58. The number of rotatable bonds is 2. The largest absolute Gasteiger partial charge is 0.392 e. The Morgan fingerprint density at radius 3 is 2.33 bits per heavy atom. The zero-order valence-corrected chi connectivity index (χ0v) is 9.64. The van der Waals surface area contributed by atoms with Gasteiger partial charge in [0.15, 0.2) is 0 Å². The van der Waals surface area contributed by atoms with Crippen molar-refractivity contribution < 1.29 is 5.11 Å². The lowest BCUT2D eigenvalue weighted by atomic mass is 10.1. The van der Waals surface area contributed by atoms with E-state index < -0.39 is 0 Å². The molecular weight excluding hydrogens is 206 g/mol. The third kappa shape index (κ3) is 2.08. The molecular formula is C12H13NOS. The van der Waals surface area contributed by atoms with Gasteiger partial charge in [-0.25, -0.2) is 4.98 Å². The molecule has 15 heavy (non-hydrogen) atoms. The molecule has 1 aromatic carbocycles. The van der Waals surface area contributed by atoms with Gasteiger partial charge in [0.05, 0.1) is 17.3 Å². The predicted octanol–water partition coefficient (Wildman–Crippen LogP) is 2.92. The molecule has 0 fully saturated rings. The minimum Gasteiger partial charge on any atom is -0.392 e. The lowest BCUT2D eigenvalue weighted by Crippen LogP contribution is -1.84. The molecule has 0 saturated heterocycles. The van der Waals surface area contributed by atoms with Crippen LogP contribution in [-0.4, -0.2) is 10.1 Å². The Hall–Kier alpha value is -1.19. The van der Waals surface area contributed by atoms with Gasteiger partial charge in [0, 0.05) is 10.4 Å². The Bertz CT molecular complexity index is 459. The fourth-order valence-electron chi connectivity index (χ4n) is 1.56. The third-order valence-electron chi connectivity index (χ3n) is 2.31. The van der Waals surface area contributed by atoms with Gasteiger partial charge in [0.2, 0.25) is 0 Å². The van der Waals surface area contributed by atoms with Crippen molar-refractivity contribution in [2.75, 3.05) is 0 Å². The van der Waals surface area contributed by atoms with Crippen molar-refractivity contribution in [2.45, 2.75) is 20.5 Å². The maximum Gasteiger partial charge on any atom is 0.0904 e. The zero-order chi connectivity index (χ0) is 10.8. The van der Waals surface area contributed by atoms with Crippen molar-refractivity contribution in [3.63, 3.8) is 0 Å². The summed E-state index contributed by atoms with van der Waals surface area (Å²) in [5, 5.41) is 10.0. The zero-order valence-electron chi connectivity index (χ0n) is 8.82. The number of aliphatic hydroxyl groups excluding tert-OH is 1. The molecule has 0 aliphatic heterocycles. The van der Waals surface area contributed by atoms with Crippen LogP contribution in [0, 0.1) is 13.8 Å². The highest BCUT2D eigenvalue weighted by Crippen LogP contribution is 2.27. The Balaban J connectivity index is 2.41. The van der Waals surface area contributed by atoms with Crippen LogP contribution in [0.4, 0.5) is 0 Å². The Morgan fingerprint density at radius 1 is 1.20 bits per heavy atom. The maximum atomic E-state index is 8.94. The van der Waals surface area contributed by atoms with Crippen molar-refractivity contribution in [2.24, 2.45) is 0 Å². The van der Waals surface area contributed by atoms with E-state index in [1.165, 1.54) is 4.88 Å². The van der Waals surface area contributed by atoms with Crippen LogP contribution in [-0.2, 0) is 6.61 Å². The van der Waals surface area contributed by atoms with E-state index in [9.17, 15) is 0 Å². The lowest BCUT2D eigenvalue weighted by molar-refractivity contribution is 0.282. The molecule has 1 heterocycles. The van der Waals surface area contributed by atoms with Gasteiger partial charge >= 0.3 is 0 Å². The second-order valence-electron chi connectivity index (χ2n) is 3.49. The summed E-state index contributed by atoms with van der Waals surface area (Å²) >= 11 is 1.71. The summed E-state index contributed by atoms with van der Waals surface area (Å²) in [5.74, 6) is 0. The Morgan fingerprint density at radius 2 is 1.87 bits per heavy atom. The van der Waals surface area contributed by atoms with Gasteiger partial charge in [-0.2, -0.15) is 0 Å². The number of hydrogen-bond acceptors (Lipinski definition) is 3. The Kier molecular flexibility index (Phi) is 2.84. The molecule has 0 atom stereocenters. The molecule has 0 aliphatic rings. The van der Waals surface area contributed by atoms with Gasteiger partial charge in [0.25, 0.3) is 0 Å². The van der Waals surface area contributed by atoms with Crippen molar-refractivity contribution in [1.82, 2.24) is 4.98 Å². The van der Waals surface area contributed by atoms with Crippen LogP contribution in [0.5, 0.6) is 0 Å². The number of aromatic nitrogens is 1. The van der Waals surface area contributed by atoms with E-state index in [0.717, 1.165) is 21.8 Å². The normalized spacial score (nSPS) is 10.6. The lowest BCUT2D eigenvalue weighted by Gasteiger charge is -2.00. The number of aliphatic hydroxyl groups is 1. The fraction of sp³-hybridized carbons (Fsp3) is 0.250. The van der Waals surface area contributed by atoms with E-state index in [2.05, 4.69) is 11.9 Å². The summed E-state index contributed by atoms with van der Waals surface area (Å²) < 4.78 is 0. The van der Waals surface area contributed by atoms with E-state index >= 15 is 0 Å².